The lowest BCUT2D eigenvalue weighted by molar-refractivity contribution is -0.146. The topological polar surface area (TPSA) is 61.8 Å². The van der Waals surface area contributed by atoms with Gasteiger partial charge in [0.15, 0.2) is 0 Å². The SMILES string of the molecule is CCOC(=O)C(=Cc1ccccc1OC[Si](C)(C)C)C(=O)OCC. The fraction of sp³-hybridized carbons (Fsp3) is 0.444. The molecule has 0 amide bonds. The molecule has 0 saturated heterocycles. The van der Waals surface area contributed by atoms with Crippen molar-refractivity contribution in [3.05, 3.63) is 35.4 Å². The van der Waals surface area contributed by atoms with Crippen LogP contribution in [-0.4, -0.2) is 39.5 Å². The molecule has 0 N–H and O–H groups in total. The normalized spacial score (nSPS) is 10.7. The predicted octanol–water partition coefficient (Wildman–Crippen LogP) is 3.45. The maximum Gasteiger partial charge on any atom is 0.345 e. The third-order valence-electron chi connectivity index (χ3n) is 2.87. The van der Waals surface area contributed by atoms with E-state index < -0.39 is 20.0 Å². The Bertz CT molecular complexity index is 582. The lowest BCUT2D eigenvalue weighted by Gasteiger charge is -2.18. The molecule has 0 fully saturated rings. The Hall–Kier alpha value is -2.08. The minimum absolute atomic E-state index is 0.136. The average molecular weight is 350 g/mol. The van der Waals surface area contributed by atoms with Crippen LogP contribution in [0.15, 0.2) is 29.8 Å². The van der Waals surface area contributed by atoms with Gasteiger partial charge >= 0.3 is 11.9 Å². The Morgan fingerprint density at radius 1 is 1.00 bits per heavy atom. The van der Waals surface area contributed by atoms with Gasteiger partial charge in [-0.15, -0.1) is 0 Å². The lowest BCUT2D eigenvalue weighted by atomic mass is 10.1. The van der Waals surface area contributed by atoms with Crippen molar-refractivity contribution in [2.75, 3.05) is 19.4 Å². The molecule has 0 heterocycles. The van der Waals surface area contributed by atoms with Gasteiger partial charge in [0, 0.05) is 5.56 Å². The summed E-state index contributed by atoms with van der Waals surface area (Å²) in [6.45, 7) is 10.3. The Kier molecular flexibility index (Phi) is 7.71. The second-order valence-corrected chi connectivity index (χ2v) is 11.8. The average Bonchev–Trinajstić information content (AvgIpc) is 2.51. The van der Waals surface area contributed by atoms with E-state index >= 15 is 0 Å². The van der Waals surface area contributed by atoms with Crippen LogP contribution in [0.4, 0.5) is 0 Å². The number of hydrogen-bond acceptors (Lipinski definition) is 5. The fourth-order valence-corrected chi connectivity index (χ4v) is 2.39. The second-order valence-electron chi connectivity index (χ2n) is 6.39. The number of carbonyl (C=O) groups is 2. The van der Waals surface area contributed by atoms with Crippen LogP contribution in [0.1, 0.15) is 19.4 Å². The van der Waals surface area contributed by atoms with Crippen molar-refractivity contribution in [1.82, 2.24) is 0 Å². The summed E-state index contributed by atoms with van der Waals surface area (Å²) in [5.41, 5.74) is 0.509. The first-order valence-corrected chi connectivity index (χ1v) is 11.8. The minimum atomic E-state index is -1.40. The number of esters is 2. The van der Waals surface area contributed by atoms with Crippen LogP contribution in [0.25, 0.3) is 6.08 Å². The molecule has 0 saturated carbocycles. The summed E-state index contributed by atoms with van der Waals surface area (Å²) in [6, 6.07) is 7.28. The molecular formula is C18H26O5Si. The van der Waals surface area contributed by atoms with Crippen LogP contribution >= 0.6 is 0 Å². The fourth-order valence-electron chi connectivity index (χ4n) is 1.80. The summed E-state index contributed by atoms with van der Waals surface area (Å²) in [6.07, 6.45) is 2.11. The summed E-state index contributed by atoms with van der Waals surface area (Å²) in [5, 5.41) is 0. The monoisotopic (exact) mass is 350 g/mol. The molecule has 0 aromatic heterocycles. The van der Waals surface area contributed by atoms with Crippen LogP contribution in [0.2, 0.25) is 19.6 Å². The number of benzene rings is 1. The van der Waals surface area contributed by atoms with Gasteiger partial charge in [-0.1, -0.05) is 37.8 Å². The lowest BCUT2D eigenvalue weighted by Crippen LogP contribution is -2.30. The zero-order valence-electron chi connectivity index (χ0n) is 15.0. The van der Waals surface area contributed by atoms with Crippen molar-refractivity contribution in [2.24, 2.45) is 0 Å². The highest BCUT2D eigenvalue weighted by Gasteiger charge is 2.22. The highest BCUT2D eigenvalue weighted by atomic mass is 28.3. The number of ether oxygens (including phenoxy) is 3. The number of hydrogen-bond donors (Lipinski definition) is 0. The van der Waals surface area contributed by atoms with E-state index in [0.717, 1.165) is 0 Å². The van der Waals surface area contributed by atoms with Gasteiger partial charge in [0.25, 0.3) is 0 Å². The highest BCUT2D eigenvalue weighted by molar-refractivity contribution is 6.76. The zero-order valence-corrected chi connectivity index (χ0v) is 16.0. The van der Waals surface area contributed by atoms with Crippen molar-refractivity contribution in [1.29, 1.82) is 0 Å². The summed E-state index contributed by atoms with van der Waals surface area (Å²) in [5.74, 6) is -0.766. The summed E-state index contributed by atoms with van der Waals surface area (Å²) < 4.78 is 15.8. The van der Waals surface area contributed by atoms with Crippen LogP contribution in [0, 0.1) is 0 Å². The second kappa shape index (κ2) is 9.27. The molecule has 5 nitrogen and oxygen atoms in total. The Morgan fingerprint density at radius 2 is 1.54 bits per heavy atom. The molecule has 0 aliphatic heterocycles. The predicted molar refractivity (Wildman–Crippen MR) is 96.5 cm³/mol. The first-order valence-electron chi connectivity index (χ1n) is 8.06. The molecule has 1 aromatic rings. The molecule has 24 heavy (non-hydrogen) atoms. The quantitative estimate of drug-likeness (QED) is 0.236. The Balaban J connectivity index is 3.16. The molecule has 0 spiro atoms. The van der Waals surface area contributed by atoms with Gasteiger partial charge in [-0.3, -0.25) is 0 Å². The Labute approximate surface area is 144 Å². The van der Waals surface area contributed by atoms with Crippen molar-refractivity contribution in [2.45, 2.75) is 33.5 Å². The maximum absolute atomic E-state index is 12.1. The Morgan fingerprint density at radius 3 is 2.04 bits per heavy atom. The summed E-state index contributed by atoms with van der Waals surface area (Å²) in [7, 11) is -1.40. The van der Waals surface area contributed by atoms with E-state index in [1.165, 1.54) is 6.08 Å². The van der Waals surface area contributed by atoms with Gasteiger partial charge in [-0.2, -0.15) is 0 Å². The largest absolute Gasteiger partial charge is 0.497 e. The van der Waals surface area contributed by atoms with Crippen LogP contribution < -0.4 is 4.74 Å². The first kappa shape index (κ1) is 20.0. The summed E-state index contributed by atoms with van der Waals surface area (Å²) in [4.78, 5) is 24.1. The molecule has 0 radical (unpaired) electrons. The number of carbonyl (C=O) groups excluding carboxylic acids is 2. The zero-order chi connectivity index (χ0) is 18.2. The first-order chi connectivity index (χ1) is 11.3. The van der Waals surface area contributed by atoms with Crippen LogP contribution in [-0.2, 0) is 19.1 Å². The smallest absolute Gasteiger partial charge is 0.345 e. The van der Waals surface area contributed by atoms with E-state index in [4.69, 9.17) is 14.2 Å². The van der Waals surface area contributed by atoms with E-state index in [1.807, 2.05) is 18.2 Å². The van der Waals surface area contributed by atoms with E-state index in [-0.39, 0.29) is 18.8 Å². The van der Waals surface area contributed by atoms with E-state index in [0.29, 0.717) is 17.5 Å². The maximum atomic E-state index is 12.1. The van der Waals surface area contributed by atoms with Crippen molar-refractivity contribution in [3.63, 3.8) is 0 Å². The number of para-hydroxylation sites is 1. The van der Waals surface area contributed by atoms with Crippen molar-refractivity contribution in [3.8, 4) is 5.75 Å². The van der Waals surface area contributed by atoms with Crippen molar-refractivity contribution < 1.29 is 23.8 Å². The molecule has 0 aliphatic carbocycles. The minimum Gasteiger partial charge on any atom is -0.497 e. The molecular weight excluding hydrogens is 324 g/mol. The number of rotatable bonds is 8. The third-order valence-corrected chi connectivity index (χ3v) is 3.88. The van der Waals surface area contributed by atoms with E-state index in [2.05, 4.69) is 19.6 Å². The van der Waals surface area contributed by atoms with Gasteiger partial charge in [0.1, 0.15) is 11.3 Å². The van der Waals surface area contributed by atoms with E-state index in [9.17, 15) is 9.59 Å². The van der Waals surface area contributed by atoms with E-state index in [1.54, 1.807) is 19.9 Å². The van der Waals surface area contributed by atoms with Crippen LogP contribution in [0.3, 0.4) is 0 Å². The molecule has 1 rings (SSSR count). The molecule has 0 bridgehead atoms. The van der Waals surface area contributed by atoms with Gasteiger partial charge in [0.05, 0.1) is 27.5 Å². The van der Waals surface area contributed by atoms with Crippen LogP contribution in [0.5, 0.6) is 5.75 Å². The molecule has 6 heteroatoms. The molecule has 132 valence electrons. The molecule has 0 atom stereocenters. The van der Waals surface area contributed by atoms with Gasteiger partial charge in [-0.05, 0) is 26.0 Å². The molecule has 1 aromatic carbocycles. The highest BCUT2D eigenvalue weighted by Crippen LogP contribution is 2.23. The van der Waals surface area contributed by atoms with Gasteiger partial charge < -0.3 is 14.2 Å². The standard InChI is InChI=1S/C18H26O5Si/c1-6-21-17(19)15(18(20)22-7-2)12-14-10-8-9-11-16(14)23-13-24(3,4)5/h8-12H,6-7,13H2,1-5H3. The summed E-state index contributed by atoms with van der Waals surface area (Å²) >= 11 is 0. The third kappa shape index (κ3) is 6.58. The molecule has 0 unspecified atom stereocenters. The van der Waals surface area contributed by atoms with Gasteiger partial charge in [-0.25, -0.2) is 9.59 Å². The van der Waals surface area contributed by atoms with Crippen molar-refractivity contribution >= 4 is 26.1 Å². The van der Waals surface area contributed by atoms with Gasteiger partial charge in [0.2, 0.25) is 0 Å². The molecule has 0 aliphatic rings.